The number of aromatic nitrogens is 4. The SMILES string of the molecule is Clc1nc(-c2ccccc2)nc(-c2ccc3c(c2)oc2ncccc23)n1. The molecule has 6 heteroatoms. The van der Waals surface area contributed by atoms with Crippen molar-refractivity contribution >= 4 is 33.7 Å². The highest BCUT2D eigenvalue weighted by Gasteiger charge is 2.12. The van der Waals surface area contributed by atoms with E-state index in [0.717, 1.165) is 27.5 Å². The summed E-state index contributed by atoms with van der Waals surface area (Å²) in [5.74, 6) is 1.03. The summed E-state index contributed by atoms with van der Waals surface area (Å²) in [5, 5.41) is 2.13. The van der Waals surface area contributed by atoms with Gasteiger partial charge in [-0.1, -0.05) is 36.4 Å². The number of rotatable bonds is 2. The van der Waals surface area contributed by atoms with E-state index in [1.54, 1.807) is 6.20 Å². The highest BCUT2D eigenvalue weighted by atomic mass is 35.5. The van der Waals surface area contributed by atoms with Crippen molar-refractivity contribution in [1.29, 1.82) is 0 Å². The van der Waals surface area contributed by atoms with Crippen LogP contribution in [0.25, 0.3) is 44.8 Å². The van der Waals surface area contributed by atoms with Gasteiger partial charge in [-0.05, 0) is 35.9 Å². The molecule has 2 aromatic carbocycles. The third-order valence-corrected chi connectivity index (χ3v) is 4.32. The van der Waals surface area contributed by atoms with Crippen LogP contribution in [0.15, 0.2) is 71.3 Å². The molecule has 5 nitrogen and oxygen atoms in total. The fraction of sp³-hybridized carbons (Fsp3) is 0. The van der Waals surface area contributed by atoms with Gasteiger partial charge in [0.2, 0.25) is 11.0 Å². The second-order valence-corrected chi connectivity index (χ2v) is 6.12. The smallest absolute Gasteiger partial charge is 0.227 e. The fourth-order valence-electron chi connectivity index (χ4n) is 2.95. The lowest BCUT2D eigenvalue weighted by Crippen LogP contribution is -1.97. The number of hydrogen-bond acceptors (Lipinski definition) is 5. The Labute approximate surface area is 153 Å². The molecule has 0 aliphatic carbocycles. The molecular formula is C20H11ClN4O. The van der Waals surface area contributed by atoms with Crippen LogP contribution in [0.2, 0.25) is 5.28 Å². The molecule has 0 saturated carbocycles. The topological polar surface area (TPSA) is 64.7 Å². The lowest BCUT2D eigenvalue weighted by Gasteiger charge is -2.04. The summed E-state index contributed by atoms with van der Waals surface area (Å²) in [6.45, 7) is 0. The summed E-state index contributed by atoms with van der Waals surface area (Å²) < 4.78 is 5.84. The van der Waals surface area contributed by atoms with E-state index in [4.69, 9.17) is 16.0 Å². The first kappa shape index (κ1) is 15.0. The van der Waals surface area contributed by atoms with Crippen LogP contribution in [-0.4, -0.2) is 19.9 Å². The van der Waals surface area contributed by atoms with E-state index < -0.39 is 0 Å². The van der Waals surface area contributed by atoms with Crippen molar-refractivity contribution in [1.82, 2.24) is 19.9 Å². The monoisotopic (exact) mass is 358 g/mol. The molecule has 3 heterocycles. The van der Waals surface area contributed by atoms with E-state index in [9.17, 15) is 0 Å². The molecule has 3 aromatic heterocycles. The average molecular weight is 359 g/mol. The van der Waals surface area contributed by atoms with E-state index in [1.807, 2.05) is 60.7 Å². The summed E-state index contributed by atoms with van der Waals surface area (Å²) in [4.78, 5) is 17.3. The molecule has 0 amide bonds. The van der Waals surface area contributed by atoms with Gasteiger partial charge in [-0.25, -0.2) is 9.97 Å². The van der Waals surface area contributed by atoms with Gasteiger partial charge in [0.25, 0.3) is 0 Å². The van der Waals surface area contributed by atoms with Crippen molar-refractivity contribution in [2.45, 2.75) is 0 Å². The first-order valence-corrected chi connectivity index (χ1v) is 8.40. The van der Waals surface area contributed by atoms with Crippen molar-refractivity contribution < 1.29 is 4.42 Å². The second kappa shape index (κ2) is 5.89. The van der Waals surface area contributed by atoms with Gasteiger partial charge in [-0.15, -0.1) is 0 Å². The van der Waals surface area contributed by atoms with Crippen LogP contribution in [0.3, 0.4) is 0 Å². The average Bonchev–Trinajstić information content (AvgIpc) is 3.06. The minimum atomic E-state index is 0.153. The number of furan rings is 1. The van der Waals surface area contributed by atoms with E-state index in [1.165, 1.54) is 0 Å². The zero-order valence-corrected chi connectivity index (χ0v) is 14.2. The zero-order chi connectivity index (χ0) is 17.5. The third kappa shape index (κ3) is 2.50. The Bertz CT molecular complexity index is 1250. The first-order chi connectivity index (χ1) is 12.8. The maximum absolute atomic E-state index is 6.14. The fourth-order valence-corrected chi connectivity index (χ4v) is 3.11. The minimum Gasteiger partial charge on any atom is -0.438 e. The molecule has 0 fully saturated rings. The van der Waals surface area contributed by atoms with Gasteiger partial charge >= 0.3 is 0 Å². The Morgan fingerprint density at radius 1 is 0.731 bits per heavy atom. The van der Waals surface area contributed by atoms with Crippen LogP contribution in [-0.2, 0) is 0 Å². The molecule has 0 aliphatic rings. The lowest BCUT2D eigenvalue weighted by atomic mass is 10.1. The van der Waals surface area contributed by atoms with Crippen LogP contribution in [0, 0.1) is 0 Å². The summed E-state index contributed by atoms with van der Waals surface area (Å²) in [6, 6.07) is 19.4. The van der Waals surface area contributed by atoms with Crippen molar-refractivity contribution in [2.24, 2.45) is 0 Å². The number of benzene rings is 2. The van der Waals surface area contributed by atoms with Crippen LogP contribution in [0.5, 0.6) is 0 Å². The maximum atomic E-state index is 6.14. The Hall–Kier alpha value is -3.31. The molecule has 26 heavy (non-hydrogen) atoms. The summed E-state index contributed by atoms with van der Waals surface area (Å²) >= 11 is 6.14. The number of pyridine rings is 1. The van der Waals surface area contributed by atoms with Gasteiger partial charge in [0.05, 0.1) is 0 Å². The Morgan fingerprint density at radius 3 is 2.38 bits per heavy atom. The van der Waals surface area contributed by atoms with E-state index >= 15 is 0 Å². The zero-order valence-electron chi connectivity index (χ0n) is 13.4. The van der Waals surface area contributed by atoms with E-state index in [0.29, 0.717) is 17.4 Å². The molecule has 0 unspecified atom stereocenters. The number of halogens is 1. The number of nitrogens with zero attached hydrogens (tertiary/aromatic N) is 4. The van der Waals surface area contributed by atoms with Crippen molar-refractivity contribution in [3.05, 3.63) is 72.1 Å². The van der Waals surface area contributed by atoms with E-state index in [2.05, 4.69) is 19.9 Å². The maximum Gasteiger partial charge on any atom is 0.227 e. The van der Waals surface area contributed by atoms with Gasteiger partial charge in [0.15, 0.2) is 11.6 Å². The Kier molecular flexibility index (Phi) is 3.40. The van der Waals surface area contributed by atoms with Crippen LogP contribution >= 0.6 is 11.6 Å². The van der Waals surface area contributed by atoms with Gasteiger partial charge < -0.3 is 4.42 Å². The van der Waals surface area contributed by atoms with Crippen molar-refractivity contribution in [3.63, 3.8) is 0 Å². The molecule has 0 N–H and O–H groups in total. The largest absolute Gasteiger partial charge is 0.438 e. The van der Waals surface area contributed by atoms with Crippen molar-refractivity contribution in [2.75, 3.05) is 0 Å². The predicted octanol–water partition coefficient (Wildman–Crippen LogP) is 5.15. The first-order valence-electron chi connectivity index (χ1n) is 8.02. The second-order valence-electron chi connectivity index (χ2n) is 5.79. The van der Waals surface area contributed by atoms with E-state index in [-0.39, 0.29) is 5.28 Å². The quantitative estimate of drug-likeness (QED) is 0.436. The van der Waals surface area contributed by atoms with Gasteiger partial charge in [0, 0.05) is 28.1 Å². The normalized spacial score (nSPS) is 11.3. The molecule has 0 radical (unpaired) electrons. The number of fused-ring (bicyclic) bond motifs is 3. The molecule has 0 atom stereocenters. The molecule has 5 rings (SSSR count). The summed E-state index contributed by atoms with van der Waals surface area (Å²) in [5.41, 5.74) is 3.03. The summed E-state index contributed by atoms with van der Waals surface area (Å²) in [7, 11) is 0. The van der Waals surface area contributed by atoms with Gasteiger partial charge in [0.1, 0.15) is 5.58 Å². The number of hydrogen-bond donors (Lipinski definition) is 0. The molecule has 124 valence electrons. The minimum absolute atomic E-state index is 0.153. The summed E-state index contributed by atoms with van der Waals surface area (Å²) in [6.07, 6.45) is 1.71. The Balaban J connectivity index is 1.67. The van der Waals surface area contributed by atoms with Crippen LogP contribution in [0.4, 0.5) is 0 Å². The molecular weight excluding hydrogens is 348 g/mol. The van der Waals surface area contributed by atoms with Crippen LogP contribution in [0.1, 0.15) is 0 Å². The molecule has 0 saturated heterocycles. The van der Waals surface area contributed by atoms with Crippen LogP contribution < -0.4 is 0 Å². The Morgan fingerprint density at radius 2 is 1.54 bits per heavy atom. The van der Waals surface area contributed by atoms with Gasteiger partial charge in [-0.3, -0.25) is 0 Å². The predicted molar refractivity (Wildman–Crippen MR) is 101 cm³/mol. The lowest BCUT2D eigenvalue weighted by molar-refractivity contribution is 0.654. The molecule has 0 spiro atoms. The highest BCUT2D eigenvalue weighted by Crippen LogP contribution is 2.30. The third-order valence-electron chi connectivity index (χ3n) is 4.15. The van der Waals surface area contributed by atoms with Crippen molar-refractivity contribution in [3.8, 4) is 22.8 Å². The molecule has 5 aromatic rings. The highest BCUT2D eigenvalue weighted by molar-refractivity contribution is 6.28. The van der Waals surface area contributed by atoms with Gasteiger partial charge in [-0.2, -0.15) is 9.97 Å². The molecule has 0 aliphatic heterocycles. The molecule has 0 bridgehead atoms. The standard InChI is InChI=1S/C20H11ClN4O/c21-20-24-17(12-5-2-1-3-6-12)23-18(25-20)13-8-9-14-15-7-4-10-22-19(15)26-16(14)11-13/h1-11H.